The van der Waals surface area contributed by atoms with E-state index in [1.807, 2.05) is 0 Å². The van der Waals surface area contributed by atoms with E-state index in [1.54, 1.807) is 42.5 Å². The van der Waals surface area contributed by atoms with Gasteiger partial charge in [0.05, 0.1) is 32.4 Å². The summed E-state index contributed by atoms with van der Waals surface area (Å²) < 4.78 is 21.2. The van der Waals surface area contributed by atoms with E-state index in [-0.39, 0.29) is 18.6 Å². The van der Waals surface area contributed by atoms with Crippen LogP contribution in [-0.2, 0) is 14.3 Å². The average molecular weight is 413 g/mol. The summed E-state index contributed by atoms with van der Waals surface area (Å²) in [4.78, 5) is 36.3. The summed E-state index contributed by atoms with van der Waals surface area (Å²) in [5.41, 5.74) is 0.909. The van der Waals surface area contributed by atoms with Crippen molar-refractivity contribution in [3.8, 4) is 17.2 Å². The Morgan fingerprint density at radius 2 is 1.77 bits per heavy atom. The summed E-state index contributed by atoms with van der Waals surface area (Å²) in [5, 5.41) is 2.61. The molecule has 3 rings (SSSR count). The molecular formula is C22H23NO7. The highest BCUT2D eigenvalue weighted by atomic mass is 16.5. The van der Waals surface area contributed by atoms with Gasteiger partial charge in [-0.2, -0.15) is 0 Å². The molecule has 8 heteroatoms. The number of fused-ring (bicyclic) bond motifs is 1. The second kappa shape index (κ2) is 10.3. The fourth-order valence-corrected chi connectivity index (χ4v) is 2.85. The fraction of sp³-hybridized carbons (Fsp3) is 0.318. The summed E-state index contributed by atoms with van der Waals surface area (Å²) in [5.74, 6) is 0.271. The van der Waals surface area contributed by atoms with Gasteiger partial charge in [-0.15, -0.1) is 0 Å². The number of benzene rings is 2. The van der Waals surface area contributed by atoms with Crippen LogP contribution < -0.4 is 19.5 Å². The molecule has 8 nitrogen and oxygen atoms in total. The molecule has 0 radical (unpaired) electrons. The molecule has 1 aliphatic rings. The van der Waals surface area contributed by atoms with E-state index < -0.39 is 18.5 Å². The minimum Gasteiger partial charge on any atom is -0.495 e. The molecule has 2 aromatic rings. The number of Topliss-reactive ketones (excluding diaryl/α,β-unsaturated/α-hetero) is 1. The van der Waals surface area contributed by atoms with E-state index in [2.05, 4.69) is 5.32 Å². The quantitative estimate of drug-likeness (QED) is 0.524. The number of carbonyl (C=O) groups is 3. The summed E-state index contributed by atoms with van der Waals surface area (Å²) >= 11 is 0. The number of hydrogen-bond acceptors (Lipinski definition) is 7. The number of carbonyl (C=O) groups excluding carboxylic acids is 3. The first-order chi connectivity index (χ1) is 14.6. The van der Waals surface area contributed by atoms with Gasteiger partial charge in [0.1, 0.15) is 5.75 Å². The lowest BCUT2D eigenvalue weighted by Crippen LogP contribution is -2.21. The molecule has 0 atom stereocenters. The largest absolute Gasteiger partial charge is 0.495 e. The van der Waals surface area contributed by atoms with Crippen molar-refractivity contribution in [2.75, 3.05) is 32.2 Å². The fourth-order valence-electron chi connectivity index (χ4n) is 2.85. The number of anilines is 1. The van der Waals surface area contributed by atoms with Crippen LogP contribution in [0, 0.1) is 0 Å². The number of ketones is 1. The maximum atomic E-state index is 12.4. The molecule has 158 valence electrons. The molecular weight excluding hydrogens is 390 g/mol. The first kappa shape index (κ1) is 21.2. The van der Waals surface area contributed by atoms with Crippen LogP contribution in [0.4, 0.5) is 5.69 Å². The number of amides is 1. The Bertz CT molecular complexity index is 925. The van der Waals surface area contributed by atoms with Crippen LogP contribution in [0.3, 0.4) is 0 Å². The Kier molecular flexibility index (Phi) is 7.26. The van der Waals surface area contributed by atoms with Crippen molar-refractivity contribution in [1.29, 1.82) is 0 Å². The predicted octanol–water partition coefficient (Wildman–Crippen LogP) is 3.00. The van der Waals surface area contributed by atoms with Crippen LogP contribution >= 0.6 is 0 Å². The lowest BCUT2D eigenvalue weighted by Gasteiger charge is -2.10. The molecule has 30 heavy (non-hydrogen) atoms. The van der Waals surface area contributed by atoms with Gasteiger partial charge in [0.15, 0.2) is 23.9 Å². The van der Waals surface area contributed by atoms with Crippen LogP contribution in [0.25, 0.3) is 0 Å². The zero-order chi connectivity index (χ0) is 21.3. The molecule has 2 aromatic carbocycles. The second-order valence-electron chi connectivity index (χ2n) is 6.54. The third-order valence-corrected chi connectivity index (χ3v) is 4.37. The van der Waals surface area contributed by atoms with Crippen LogP contribution in [-0.4, -0.2) is 44.6 Å². The Balaban J connectivity index is 1.44. The summed E-state index contributed by atoms with van der Waals surface area (Å²) in [6, 6.07) is 11.8. The number of nitrogens with one attached hydrogen (secondary N) is 1. The predicted molar refractivity (Wildman–Crippen MR) is 108 cm³/mol. The molecule has 0 aromatic heterocycles. The van der Waals surface area contributed by atoms with Gasteiger partial charge in [0.2, 0.25) is 0 Å². The second-order valence-corrected chi connectivity index (χ2v) is 6.54. The van der Waals surface area contributed by atoms with Gasteiger partial charge in [-0.3, -0.25) is 14.4 Å². The number of hydrogen-bond donors (Lipinski definition) is 1. The lowest BCUT2D eigenvalue weighted by molar-refractivity contribution is -0.147. The molecule has 0 unspecified atom stereocenters. The monoisotopic (exact) mass is 413 g/mol. The third-order valence-electron chi connectivity index (χ3n) is 4.37. The van der Waals surface area contributed by atoms with Crippen molar-refractivity contribution in [2.45, 2.75) is 19.3 Å². The van der Waals surface area contributed by atoms with Crippen molar-refractivity contribution in [3.05, 3.63) is 48.0 Å². The van der Waals surface area contributed by atoms with E-state index in [4.69, 9.17) is 18.9 Å². The smallest absolute Gasteiger partial charge is 0.306 e. The van der Waals surface area contributed by atoms with Crippen molar-refractivity contribution in [3.63, 3.8) is 0 Å². The molecule has 0 saturated heterocycles. The van der Waals surface area contributed by atoms with Crippen molar-refractivity contribution < 1.29 is 33.3 Å². The maximum absolute atomic E-state index is 12.4. The number of para-hydroxylation sites is 2. The van der Waals surface area contributed by atoms with E-state index in [0.717, 1.165) is 6.42 Å². The van der Waals surface area contributed by atoms with Gasteiger partial charge in [-0.25, -0.2) is 0 Å². The highest BCUT2D eigenvalue weighted by Gasteiger charge is 2.16. The zero-order valence-electron chi connectivity index (χ0n) is 16.6. The minimum atomic E-state index is -0.632. The van der Waals surface area contributed by atoms with Crippen molar-refractivity contribution in [1.82, 2.24) is 0 Å². The first-order valence-electron chi connectivity index (χ1n) is 9.58. The molecule has 0 saturated carbocycles. The molecule has 1 heterocycles. The molecule has 0 spiro atoms. The third kappa shape index (κ3) is 5.73. The van der Waals surface area contributed by atoms with E-state index in [0.29, 0.717) is 41.7 Å². The Hall–Kier alpha value is -3.55. The highest BCUT2D eigenvalue weighted by Crippen LogP contribution is 2.31. The Morgan fingerprint density at radius 1 is 1.00 bits per heavy atom. The highest BCUT2D eigenvalue weighted by molar-refractivity contribution is 5.98. The van der Waals surface area contributed by atoms with Gasteiger partial charge in [0, 0.05) is 18.4 Å². The normalized spacial score (nSPS) is 12.4. The SMILES string of the molecule is COc1ccccc1NC(=O)COC(=O)CCC(=O)c1ccc2c(c1)OCCCO2. The Morgan fingerprint density at radius 3 is 2.57 bits per heavy atom. The molecule has 1 aliphatic heterocycles. The van der Waals surface area contributed by atoms with Crippen LogP contribution in [0.15, 0.2) is 42.5 Å². The van der Waals surface area contributed by atoms with Gasteiger partial charge in [0.25, 0.3) is 5.91 Å². The first-order valence-corrected chi connectivity index (χ1v) is 9.58. The van der Waals surface area contributed by atoms with E-state index >= 15 is 0 Å². The summed E-state index contributed by atoms with van der Waals surface area (Å²) in [6.07, 6.45) is 0.607. The zero-order valence-corrected chi connectivity index (χ0v) is 16.6. The molecule has 1 amide bonds. The number of ether oxygens (including phenoxy) is 4. The van der Waals surface area contributed by atoms with Gasteiger partial charge in [-0.05, 0) is 30.3 Å². The minimum absolute atomic E-state index is 0.0351. The number of esters is 1. The molecule has 0 fully saturated rings. The van der Waals surface area contributed by atoms with Gasteiger partial charge < -0.3 is 24.3 Å². The molecule has 0 bridgehead atoms. The van der Waals surface area contributed by atoms with Crippen LogP contribution in [0.5, 0.6) is 17.2 Å². The van der Waals surface area contributed by atoms with Crippen LogP contribution in [0.1, 0.15) is 29.6 Å². The standard InChI is InChI=1S/C22H23NO7/c1-27-18-6-3-2-5-16(18)23-21(25)14-30-22(26)10-8-17(24)15-7-9-19-20(13-15)29-12-4-11-28-19/h2-3,5-7,9,13H,4,8,10-12,14H2,1H3,(H,23,25). The van der Waals surface area contributed by atoms with Crippen molar-refractivity contribution in [2.24, 2.45) is 0 Å². The molecule has 1 N–H and O–H groups in total. The summed E-state index contributed by atoms with van der Waals surface area (Å²) in [7, 11) is 1.49. The number of rotatable bonds is 8. The van der Waals surface area contributed by atoms with Gasteiger partial charge >= 0.3 is 5.97 Å². The average Bonchev–Trinajstić information content (AvgIpc) is 3.01. The van der Waals surface area contributed by atoms with Crippen LogP contribution in [0.2, 0.25) is 0 Å². The van der Waals surface area contributed by atoms with Gasteiger partial charge in [-0.1, -0.05) is 12.1 Å². The molecule has 0 aliphatic carbocycles. The topological polar surface area (TPSA) is 100 Å². The lowest BCUT2D eigenvalue weighted by atomic mass is 10.1. The van der Waals surface area contributed by atoms with E-state index in [9.17, 15) is 14.4 Å². The summed E-state index contributed by atoms with van der Waals surface area (Å²) in [6.45, 7) is 0.639. The number of methoxy groups -OCH3 is 1. The van der Waals surface area contributed by atoms with Crippen molar-refractivity contribution >= 4 is 23.3 Å². The van der Waals surface area contributed by atoms with E-state index in [1.165, 1.54) is 7.11 Å². The maximum Gasteiger partial charge on any atom is 0.306 e. The Labute approximate surface area is 174 Å².